The quantitative estimate of drug-likeness (QED) is 0.798. The molecule has 1 aliphatic heterocycles. The number of fused-ring (bicyclic) bond motifs is 1. The van der Waals surface area contributed by atoms with E-state index in [1.54, 1.807) is 24.5 Å². The number of halogens is 1. The highest BCUT2D eigenvalue weighted by molar-refractivity contribution is 6.30. The van der Waals surface area contributed by atoms with Crippen molar-refractivity contribution < 1.29 is 4.79 Å². The van der Waals surface area contributed by atoms with Crippen LogP contribution in [0.15, 0.2) is 42.7 Å². The van der Waals surface area contributed by atoms with Crippen molar-refractivity contribution in [1.82, 2.24) is 4.98 Å². The lowest BCUT2D eigenvalue weighted by molar-refractivity contribution is 0.0985. The van der Waals surface area contributed by atoms with Crippen molar-refractivity contribution in [2.45, 2.75) is 12.8 Å². The zero-order chi connectivity index (χ0) is 13.2. The maximum absolute atomic E-state index is 12.5. The Hall–Kier alpha value is -1.87. The van der Waals surface area contributed by atoms with E-state index in [-0.39, 0.29) is 5.91 Å². The smallest absolute Gasteiger partial charge is 0.259 e. The fourth-order valence-electron chi connectivity index (χ4n) is 2.42. The van der Waals surface area contributed by atoms with E-state index in [2.05, 4.69) is 4.98 Å². The summed E-state index contributed by atoms with van der Waals surface area (Å²) in [5.41, 5.74) is 2.71. The predicted molar refractivity (Wildman–Crippen MR) is 75.7 cm³/mol. The highest BCUT2D eigenvalue weighted by Gasteiger charge is 2.23. The first-order chi connectivity index (χ1) is 9.25. The number of aromatic nitrogens is 1. The van der Waals surface area contributed by atoms with Crippen LogP contribution < -0.4 is 4.90 Å². The monoisotopic (exact) mass is 272 g/mol. The van der Waals surface area contributed by atoms with Gasteiger partial charge in [0.2, 0.25) is 0 Å². The molecule has 0 bridgehead atoms. The van der Waals surface area contributed by atoms with Gasteiger partial charge in [0.05, 0.1) is 5.56 Å². The second-order valence-corrected chi connectivity index (χ2v) is 5.01. The molecule has 0 spiro atoms. The molecule has 1 aliphatic rings. The Balaban J connectivity index is 1.98. The molecular weight excluding hydrogens is 260 g/mol. The van der Waals surface area contributed by atoms with E-state index in [0.29, 0.717) is 5.56 Å². The largest absolute Gasteiger partial charge is 0.308 e. The van der Waals surface area contributed by atoms with Crippen molar-refractivity contribution in [1.29, 1.82) is 0 Å². The molecule has 0 saturated carbocycles. The van der Waals surface area contributed by atoms with Crippen LogP contribution in [0, 0.1) is 0 Å². The molecule has 0 radical (unpaired) electrons. The average molecular weight is 273 g/mol. The van der Waals surface area contributed by atoms with Crippen LogP contribution in [0.4, 0.5) is 5.69 Å². The lowest BCUT2D eigenvalue weighted by Gasteiger charge is -2.29. The highest BCUT2D eigenvalue weighted by Crippen LogP contribution is 2.30. The lowest BCUT2D eigenvalue weighted by Crippen LogP contribution is -2.35. The average Bonchev–Trinajstić information content (AvgIpc) is 2.46. The number of hydrogen-bond donors (Lipinski definition) is 0. The van der Waals surface area contributed by atoms with Gasteiger partial charge < -0.3 is 4.90 Å². The van der Waals surface area contributed by atoms with E-state index in [1.165, 1.54) is 0 Å². The first-order valence-electron chi connectivity index (χ1n) is 6.26. The van der Waals surface area contributed by atoms with Crippen molar-refractivity contribution in [3.63, 3.8) is 0 Å². The predicted octanol–water partition coefficient (Wildman–Crippen LogP) is 3.33. The SMILES string of the molecule is O=C(c1cccnc1)N1CCCc2cc(Cl)ccc21. The third kappa shape index (κ3) is 2.34. The van der Waals surface area contributed by atoms with Crippen molar-refractivity contribution in [3.8, 4) is 0 Å². The Kier molecular flexibility index (Phi) is 3.22. The second-order valence-electron chi connectivity index (χ2n) is 4.58. The molecule has 96 valence electrons. The maximum atomic E-state index is 12.5. The first-order valence-corrected chi connectivity index (χ1v) is 6.64. The van der Waals surface area contributed by atoms with Crippen LogP contribution in [0.25, 0.3) is 0 Å². The Labute approximate surface area is 116 Å². The molecule has 3 nitrogen and oxygen atoms in total. The normalized spacial score (nSPS) is 14.1. The van der Waals surface area contributed by atoms with Gasteiger partial charge in [-0.2, -0.15) is 0 Å². The molecule has 0 saturated heterocycles. The number of carbonyl (C=O) groups is 1. The third-order valence-electron chi connectivity index (χ3n) is 3.31. The molecule has 19 heavy (non-hydrogen) atoms. The molecule has 1 aromatic heterocycles. The lowest BCUT2D eigenvalue weighted by atomic mass is 10.0. The van der Waals surface area contributed by atoms with E-state index < -0.39 is 0 Å². The molecule has 0 unspecified atom stereocenters. The molecule has 4 heteroatoms. The number of rotatable bonds is 1. The fourth-order valence-corrected chi connectivity index (χ4v) is 2.62. The van der Waals surface area contributed by atoms with E-state index in [9.17, 15) is 4.79 Å². The molecule has 3 rings (SSSR count). The van der Waals surface area contributed by atoms with Gasteiger partial charge in [0, 0.05) is 29.6 Å². The summed E-state index contributed by atoms with van der Waals surface area (Å²) in [7, 11) is 0. The van der Waals surface area contributed by atoms with E-state index in [1.807, 2.05) is 23.1 Å². The zero-order valence-corrected chi connectivity index (χ0v) is 11.1. The van der Waals surface area contributed by atoms with Gasteiger partial charge in [-0.15, -0.1) is 0 Å². The minimum atomic E-state index is -0.00336. The van der Waals surface area contributed by atoms with Crippen molar-refractivity contribution in [2.24, 2.45) is 0 Å². The fraction of sp³-hybridized carbons (Fsp3) is 0.200. The first kappa shape index (κ1) is 12.2. The summed E-state index contributed by atoms with van der Waals surface area (Å²) in [6.07, 6.45) is 5.19. The standard InChI is InChI=1S/C15H13ClN2O/c16-13-5-6-14-11(9-13)4-2-8-18(14)15(19)12-3-1-7-17-10-12/h1,3,5-7,9-10H,2,4,8H2. The number of aryl methyl sites for hydroxylation is 1. The number of amides is 1. The molecule has 1 amide bonds. The van der Waals surface area contributed by atoms with Crippen LogP contribution >= 0.6 is 11.6 Å². The van der Waals surface area contributed by atoms with Crippen LogP contribution in [0.5, 0.6) is 0 Å². The summed E-state index contributed by atoms with van der Waals surface area (Å²) >= 11 is 6.01. The summed E-state index contributed by atoms with van der Waals surface area (Å²) in [6.45, 7) is 0.738. The van der Waals surface area contributed by atoms with E-state index in [0.717, 1.165) is 35.7 Å². The number of nitrogens with zero attached hydrogens (tertiary/aromatic N) is 2. The molecule has 1 aromatic carbocycles. The summed E-state index contributed by atoms with van der Waals surface area (Å²) in [5.74, 6) is -0.00336. The van der Waals surface area contributed by atoms with Crippen LogP contribution in [0.3, 0.4) is 0 Å². The van der Waals surface area contributed by atoms with E-state index in [4.69, 9.17) is 11.6 Å². The van der Waals surface area contributed by atoms with E-state index >= 15 is 0 Å². The van der Waals surface area contributed by atoms with Crippen molar-refractivity contribution in [3.05, 3.63) is 58.9 Å². The van der Waals surface area contributed by atoms with Crippen LogP contribution in [0.2, 0.25) is 5.02 Å². The summed E-state index contributed by atoms with van der Waals surface area (Å²) < 4.78 is 0. The van der Waals surface area contributed by atoms with Gasteiger partial charge in [0.15, 0.2) is 0 Å². The Morgan fingerprint density at radius 1 is 1.32 bits per heavy atom. The maximum Gasteiger partial charge on any atom is 0.259 e. The van der Waals surface area contributed by atoms with Crippen LogP contribution in [0.1, 0.15) is 22.3 Å². The molecule has 2 aromatic rings. The summed E-state index contributed by atoms with van der Waals surface area (Å²) in [5, 5.41) is 0.717. The molecular formula is C15H13ClN2O. The Morgan fingerprint density at radius 2 is 2.21 bits per heavy atom. The topological polar surface area (TPSA) is 33.2 Å². The number of benzene rings is 1. The number of pyridine rings is 1. The van der Waals surface area contributed by atoms with Crippen molar-refractivity contribution in [2.75, 3.05) is 11.4 Å². The van der Waals surface area contributed by atoms with Gasteiger partial charge in [-0.25, -0.2) is 0 Å². The Bertz CT molecular complexity index is 613. The second kappa shape index (κ2) is 5.02. The van der Waals surface area contributed by atoms with Gasteiger partial charge in [-0.3, -0.25) is 9.78 Å². The van der Waals surface area contributed by atoms with Crippen molar-refractivity contribution >= 4 is 23.2 Å². The van der Waals surface area contributed by atoms with Gasteiger partial charge in [-0.1, -0.05) is 11.6 Å². The molecule has 0 atom stereocenters. The van der Waals surface area contributed by atoms with Gasteiger partial charge >= 0.3 is 0 Å². The van der Waals surface area contributed by atoms with Gasteiger partial charge in [-0.05, 0) is 48.7 Å². The Morgan fingerprint density at radius 3 is 3.00 bits per heavy atom. The molecule has 0 fully saturated rings. The number of carbonyl (C=O) groups excluding carboxylic acids is 1. The van der Waals surface area contributed by atoms with Crippen LogP contribution in [-0.4, -0.2) is 17.4 Å². The minimum Gasteiger partial charge on any atom is -0.308 e. The van der Waals surface area contributed by atoms with Gasteiger partial charge in [0.1, 0.15) is 0 Å². The zero-order valence-electron chi connectivity index (χ0n) is 10.3. The third-order valence-corrected chi connectivity index (χ3v) is 3.55. The summed E-state index contributed by atoms with van der Waals surface area (Å²) in [4.78, 5) is 18.3. The molecule has 2 heterocycles. The van der Waals surface area contributed by atoms with Gasteiger partial charge in [0.25, 0.3) is 5.91 Å². The number of hydrogen-bond acceptors (Lipinski definition) is 2. The number of anilines is 1. The molecule has 0 aliphatic carbocycles. The van der Waals surface area contributed by atoms with Crippen LogP contribution in [-0.2, 0) is 6.42 Å². The summed E-state index contributed by atoms with van der Waals surface area (Å²) in [6, 6.07) is 9.26. The minimum absolute atomic E-state index is 0.00336. The molecule has 0 N–H and O–H groups in total. The highest BCUT2D eigenvalue weighted by atomic mass is 35.5.